The van der Waals surface area contributed by atoms with Gasteiger partial charge in [-0.25, -0.2) is 0 Å². The van der Waals surface area contributed by atoms with Gasteiger partial charge in [0.2, 0.25) is 11.8 Å². The summed E-state index contributed by atoms with van der Waals surface area (Å²) in [6, 6.07) is 5.71. The average Bonchev–Trinajstić information content (AvgIpc) is 2.80. The maximum atomic E-state index is 12.1. The van der Waals surface area contributed by atoms with E-state index in [0.717, 1.165) is 16.3 Å². The summed E-state index contributed by atoms with van der Waals surface area (Å²) >= 11 is 1.63. The third kappa shape index (κ3) is 3.20. The Labute approximate surface area is 116 Å². The van der Waals surface area contributed by atoms with E-state index < -0.39 is 0 Å². The van der Waals surface area contributed by atoms with Crippen molar-refractivity contribution in [1.82, 2.24) is 5.32 Å². The van der Waals surface area contributed by atoms with Crippen molar-refractivity contribution in [2.75, 3.05) is 24.4 Å². The first-order valence-electron chi connectivity index (χ1n) is 5.97. The summed E-state index contributed by atoms with van der Waals surface area (Å²) in [6.45, 7) is 1.81. The summed E-state index contributed by atoms with van der Waals surface area (Å²) in [5, 5.41) is 2.63. The smallest absolute Gasteiger partial charge is 0.229 e. The highest BCUT2D eigenvalue weighted by atomic mass is 32.2. The van der Waals surface area contributed by atoms with Gasteiger partial charge >= 0.3 is 0 Å². The van der Waals surface area contributed by atoms with E-state index >= 15 is 0 Å². The van der Waals surface area contributed by atoms with Crippen molar-refractivity contribution >= 4 is 29.3 Å². The monoisotopic (exact) mass is 280 g/mol. The molecule has 0 spiro atoms. The largest absolute Gasteiger partial charge is 0.497 e. The Hall–Kier alpha value is -1.69. The molecule has 0 saturated carbocycles. The van der Waals surface area contributed by atoms with Crippen LogP contribution in [0.2, 0.25) is 0 Å². The Balaban J connectivity index is 2.04. The van der Waals surface area contributed by atoms with E-state index in [4.69, 9.17) is 4.74 Å². The van der Waals surface area contributed by atoms with E-state index in [-0.39, 0.29) is 11.8 Å². The molecule has 1 heterocycles. The van der Waals surface area contributed by atoms with Gasteiger partial charge in [-0.2, -0.15) is 0 Å². The SMILES string of the molecule is COc1ccc2c(c1)N(C(=O)CCNC(C)=O)CS2. The zero-order chi connectivity index (χ0) is 13.8. The van der Waals surface area contributed by atoms with Gasteiger partial charge in [0.05, 0.1) is 18.7 Å². The maximum absolute atomic E-state index is 12.1. The summed E-state index contributed by atoms with van der Waals surface area (Å²) in [4.78, 5) is 25.7. The van der Waals surface area contributed by atoms with Gasteiger partial charge in [-0.15, -0.1) is 11.8 Å². The summed E-state index contributed by atoms with van der Waals surface area (Å²) < 4.78 is 5.18. The molecule has 1 aromatic rings. The number of hydrogen-bond donors (Lipinski definition) is 1. The summed E-state index contributed by atoms with van der Waals surface area (Å²) in [5.74, 6) is 1.24. The molecule has 0 fully saturated rings. The van der Waals surface area contributed by atoms with Crippen LogP contribution in [0.5, 0.6) is 5.75 Å². The Morgan fingerprint density at radius 3 is 2.95 bits per heavy atom. The second kappa shape index (κ2) is 5.97. The van der Waals surface area contributed by atoms with Crippen LogP contribution in [0.1, 0.15) is 13.3 Å². The van der Waals surface area contributed by atoms with Gasteiger partial charge in [0.15, 0.2) is 0 Å². The van der Waals surface area contributed by atoms with Gasteiger partial charge < -0.3 is 15.0 Å². The number of benzene rings is 1. The summed E-state index contributed by atoms with van der Waals surface area (Å²) in [5.41, 5.74) is 0.886. The highest BCUT2D eigenvalue weighted by molar-refractivity contribution is 8.00. The van der Waals surface area contributed by atoms with Gasteiger partial charge in [0.25, 0.3) is 0 Å². The standard InChI is InChI=1S/C13H16N2O3S/c1-9(16)14-6-5-13(17)15-8-19-12-4-3-10(18-2)7-11(12)15/h3-4,7H,5-6,8H2,1-2H3,(H,14,16). The molecule has 0 unspecified atom stereocenters. The first-order chi connectivity index (χ1) is 9.11. The molecule has 5 nitrogen and oxygen atoms in total. The van der Waals surface area contributed by atoms with E-state index in [9.17, 15) is 9.59 Å². The summed E-state index contributed by atoms with van der Waals surface area (Å²) in [7, 11) is 1.60. The predicted octanol–water partition coefficient (Wildman–Crippen LogP) is 1.62. The molecule has 1 aliphatic heterocycles. The number of thioether (sulfide) groups is 1. The first kappa shape index (κ1) is 13.7. The van der Waals surface area contributed by atoms with Crippen LogP contribution >= 0.6 is 11.8 Å². The molecule has 1 aromatic carbocycles. The number of amides is 2. The van der Waals surface area contributed by atoms with Crippen molar-refractivity contribution in [3.8, 4) is 5.75 Å². The fraction of sp³-hybridized carbons (Fsp3) is 0.385. The Morgan fingerprint density at radius 2 is 2.26 bits per heavy atom. The number of ether oxygens (including phenoxy) is 1. The number of nitrogens with one attached hydrogen (secondary N) is 1. The van der Waals surface area contributed by atoms with Gasteiger partial charge in [0, 0.05) is 30.9 Å². The molecule has 6 heteroatoms. The van der Waals surface area contributed by atoms with Gasteiger partial charge in [-0.3, -0.25) is 9.59 Å². The van der Waals surface area contributed by atoms with Crippen molar-refractivity contribution in [2.24, 2.45) is 0 Å². The number of hydrogen-bond acceptors (Lipinski definition) is 4. The lowest BCUT2D eigenvalue weighted by atomic mass is 10.2. The number of rotatable bonds is 4. The van der Waals surface area contributed by atoms with Crippen LogP contribution in [0.3, 0.4) is 0 Å². The summed E-state index contributed by atoms with van der Waals surface area (Å²) in [6.07, 6.45) is 0.302. The van der Waals surface area contributed by atoms with Gasteiger partial charge in [-0.05, 0) is 12.1 Å². The fourth-order valence-corrected chi connectivity index (χ4v) is 2.88. The zero-order valence-electron chi connectivity index (χ0n) is 10.9. The molecule has 0 aliphatic carbocycles. The lowest BCUT2D eigenvalue weighted by Crippen LogP contribution is -2.32. The zero-order valence-corrected chi connectivity index (χ0v) is 11.8. The molecule has 2 rings (SSSR count). The minimum Gasteiger partial charge on any atom is -0.497 e. The van der Waals surface area contributed by atoms with Crippen LogP contribution in [-0.2, 0) is 9.59 Å². The average molecular weight is 280 g/mol. The number of carbonyl (C=O) groups is 2. The molecule has 0 aromatic heterocycles. The van der Waals surface area contributed by atoms with Gasteiger partial charge in [-0.1, -0.05) is 0 Å². The first-order valence-corrected chi connectivity index (χ1v) is 6.96. The molecular formula is C13H16N2O3S. The van der Waals surface area contributed by atoms with Crippen molar-refractivity contribution in [2.45, 2.75) is 18.2 Å². The maximum Gasteiger partial charge on any atom is 0.229 e. The predicted molar refractivity (Wildman–Crippen MR) is 74.5 cm³/mol. The quantitative estimate of drug-likeness (QED) is 0.910. The topological polar surface area (TPSA) is 58.6 Å². The third-order valence-corrected chi connectivity index (χ3v) is 3.86. The molecule has 0 bridgehead atoms. The number of methoxy groups -OCH3 is 1. The number of carbonyl (C=O) groups excluding carboxylic acids is 2. The van der Waals surface area contributed by atoms with E-state index in [1.54, 1.807) is 23.8 Å². The van der Waals surface area contributed by atoms with Gasteiger partial charge in [0.1, 0.15) is 5.75 Å². The van der Waals surface area contributed by atoms with Crippen molar-refractivity contribution in [3.05, 3.63) is 18.2 Å². The lowest BCUT2D eigenvalue weighted by Gasteiger charge is -2.17. The molecular weight excluding hydrogens is 264 g/mol. The Kier molecular flexibility index (Phi) is 4.31. The Morgan fingerprint density at radius 1 is 1.47 bits per heavy atom. The third-order valence-electron chi connectivity index (χ3n) is 2.82. The fourth-order valence-electron chi connectivity index (χ4n) is 1.85. The number of anilines is 1. The number of nitrogens with zero attached hydrogens (tertiary/aromatic N) is 1. The molecule has 2 amide bonds. The van der Waals surface area contributed by atoms with E-state index in [1.807, 2.05) is 18.2 Å². The van der Waals surface area contributed by atoms with Crippen LogP contribution in [-0.4, -0.2) is 31.3 Å². The van der Waals surface area contributed by atoms with E-state index in [0.29, 0.717) is 18.8 Å². The molecule has 102 valence electrons. The van der Waals surface area contributed by atoms with E-state index in [2.05, 4.69) is 5.32 Å². The highest BCUT2D eigenvalue weighted by Gasteiger charge is 2.25. The Bertz CT molecular complexity index is 505. The normalized spacial score (nSPS) is 13.1. The second-order valence-corrected chi connectivity index (χ2v) is 5.15. The van der Waals surface area contributed by atoms with Crippen molar-refractivity contribution in [3.63, 3.8) is 0 Å². The minimum absolute atomic E-state index is 0.00764. The highest BCUT2D eigenvalue weighted by Crippen LogP contribution is 2.40. The van der Waals surface area contributed by atoms with Crippen LogP contribution in [0.25, 0.3) is 0 Å². The molecule has 0 saturated heterocycles. The lowest BCUT2D eigenvalue weighted by molar-refractivity contribution is -0.119. The molecule has 1 N–H and O–H groups in total. The molecule has 1 aliphatic rings. The van der Waals surface area contributed by atoms with Crippen LogP contribution < -0.4 is 15.0 Å². The van der Waals surface area contributed by atoms with Crippen molar-refractivity contribution in [1.29, 1.82) is 0 Å². The molecule has 19 heavy (non-hydrogen) atoms. The minimum atomic E-state index is -0.120. The number of fused-ring (bicyclic) bond motifs is 1. The van der Waals surface area contributed by atoms with Crippen molar-refractivity contribution < 1.29 is 14.3 Å². The second-order valence-electron chi connectivity index (χ2n) is 4.16. The molecule has 0 radical (unpaired) electrons. The van der Waals surface area contributed by atoms with Crippen LogP contribution in [0.15, 0.2) is 23.1 Å². The van der Waals surface area contributed by atoms with Crippen LogP contribution in [0.4, 0.5) is 5.69 Å². The van der Waals surface area contributed by atoms with Crippen LogP contribution in [0, 0.1) is 0 Å². The van der Waals surface area contributed by atoms with E-state index in [1.165, 1.54) is 6.92 Å². The molecule has 0 atom stereocenters.